The minimum absolute atomic E-state index is 0.00113. The van der Waals surface area contributed by atoms with Gasteiger partial charge in [0, 0.05) is 18.0 Å². The second-order valence-electron chi connectivity index (χ2n) is 5.63. The molecule has 0 aliphatic heterocycles. The summed E-state index contributed by atoms with van der Waals surface area (Å²) in [6.07, 6.45) is 5.68. The Morgan fingerprint density at radius 3 is 2.58 bits per heavy atom. The molecular formula is C14H24N2O3. The van der Waals surface area contributed by atoms with Gasteiger partial charge in [0.05, 0.1) is 6.61 Å². The van der Waals surface area contributed by atoms with Crippen LogP contribution in [0.3, 0.4) is 0 Å². The Labute approximate surface area is 114 Å². The van der Waals surface area contributed by atoms with Crippen LogP contribution < -0.4 is 5.73 Å². The second-order valence-corrected chi connectivity index (χ2v) is 5.63. The fourth-order valence-corrected chi connectivity index (χ4v) is 2.81. The average molecular weight is 268 g/mol. The summed E-state index contributed by atoms with van der Waals surface area (Å²) < 4.78 is 4.95. The van der Waals surface area contributed by atoms with E-state index >= 15 is 0 Å². The van der Waals surface area contributed by atoms with Crippen LogP contribution in [0.2, 0.25) is 0 Å². The summed E-state index contributed by atoms with van der Waals surface area (Å²) >= 11 is 0. The number of hydrogen-bond acceptors (Lipinski definition) is 4. The summed E-state index contributed by atoms with van der Waals surface area (Å²) in [6.45, 7) is 2.24. The third-order valence-electron chi connectivity index (χ3n) is 3.94. The van der Waals surface area contributed by atoms with Gasteiger partial charge in [-0.25, -0.2) is 0 Å². The molecule has 5 heteroatoms. The zero-order chi connectivity index (χ0) is 13.8. The van der Waals surface area contributed by atoms with Gasteiger partial charge in [-0.3, -0.25) is 9.59 Å². The number of nitrogens with zero attached hydrogens (tertiary/aromatic N) is 1. The van der Waals surface area contributed by atoms with E-state index in [1.54, 1.807) is 11.8 Å². The highest BCUT2D eigenvalue weighted by molar-refractivity contribution is 5.84. The molecule has 0 aromatic rings. The number of nitrogens with two attached hydrogens (primary N) is 1. The van der Waals surface area contributed by atoms with E-state index in [0.717, 1.165) is 38.5 Å². The van der Waals surface area contributed by atoms with Crippen molar-refractivity contribution < 1.29 is 14.3 Å². The zero-order valence-electron chi connectivity index (χ0n) is 11.6. The van der Waals surface area contributed by atoms with Crippen molar-refractivity contribution in [2.45, 2.75) is 57.5 Å². The van der Waals surface area contributed by atoms with Crippen LogP contribution in [0.5, 0.6) is 0 Å². The molecule has 1 amide bonds. The highest BCUT2D eigenvalue weighted by Gasteiger charge is 2.38. The largest absolute Gasteiger partial charge is 0.465 e. The summed E-state index contributed by atoms with van der Waals surface area (Å²) in [5.41, 5.74) is 5.94. The molecule has 2 rings (SSSR count). The molecule has 5 nitrogen and oxygen atoms in total. The number of carbonyl (C=O) groups is 2. The van der Waals surface area contributed by atoms with Crippen molar-refractivity contribution >= 4 is 11.9 Å². The molecule has 0 saturated heterocycles. The summed E-state index contributed by atoms with van der Waals surface area (Å²) in [7, 11) is 0. The van der Waals surface area contributed by atoms with E-state index in [-0.39, 0.29) is 36.4 Å². The Bertz CT molecular complexity index is 342. The van der Waals surface area contributed by atoms with Gasteiger partial charge in [-0.1, -0.05) is 6.42 Å². The van der Waals surface area contributed by atoms with Crippen LogP contribution >= 0.6 is 0 Å². The molecule has 108 valence electrons. The summed E-state index contributed by atoms with van der Waals surface area (Å²) in [5, 5.41) is 0. The first kappa shape index (κ1) is 14.3. The molecule has 2 N–H and O–H groups in total. The quantitative estimate of drug-likeness (QED) is 0.757. The minimum Gasteiger partial charge on any atom is -0.465 e. The summed E-state index contributed by atoms with van der Waals surface area (Å²) in [4.78, 5) is 25.8. The molecule has 0 heterocycles. The van der Waals surface area contributed by atoms with Crippen molar-refractivity contribution in [1.29, 1.82) is 0 Å². The van der Waals surface area contributed by atoms with Crippen LogP contribution in [0.25, 0.3) is 0 Å². The molecule has 19 heavy (non-hydrogen) atoms. The molecule has 0 spiro atoms. The Morgan fingerprint density at radius 2 is 2.00 bits per heavy atom. The van der Waals surface area contributed by atoms with Gasteiger partial charge in [-0.05, 0) is 39.0 Å². The molecule has 2 aliphatic rings. The highest BCUT2D eigenvalue weighted by Crippen LogP contribution is 2.31. The lowest BCUT2D eigenvalue weighted by molar-refractivity contribution is -0.151. The maximum Gasteiger partial charge on any atom is 0.325 e. The number of ether oxygens (including phenoxy) is 1. The summed E-state index contributed by atoms with van der Waals surface area (Å²) in [5.74, 6) is -0.202. The van der Waals surface area contributed by atoms with E-state index in [1.165, 1.54) is 0 Å². The molecular weight excluding hydrogens is 244 g/mol. The fraction of sp³-hybridized carbons (Fsp3) is 0.857. The molecule has 0 aromatic carbocycles. The minimum atomic E-state index is -0.303. The van der Waals surface area contributed by atoms with Gasteiger partial charge in [0.25, 0.3) is 0 Å². The van der Waals surface area contributed by atoms with E-state index in [4.69, 9.17) is 10.5 Å². The predicted octanol–water partition coefficient (Wildman–Crippen LogP) is 1.06. The number of esters is 1. The average Bonchev–Trinajstić information content (AvgIpc) is 3.20. The van der Waals surface area contributed by atoms with Gasteiger partial charge < -0.3 is 15.4 Å². The SMILES string of the molecule is CCOC(=O)CN(C(=O)C1CCCC(N)C1)C1CC1. The van der Waals surface area contributed by atoms with Crippen LogP contribution in [-0.4, -0.2) is 42.0 Å². The van der Waals surface area contributed by atoms with Crippen molar-refractivity contribution in [2.24, 2.45) is 11.7 Å². The fourth-order valence-electron chi connectivity index (χ4n) is 2.81. The van der Waals surface area contributed by atoms with E-state index in [0.29, 0.717) is 6.61 Å². The first-order chi connectivity index (χ1) is 9.11. The van der Waals surface area contributed by atoms with Crippen LogP contribution in [0, 0.1) is 5.92 Å². The van der Waals surface area contributed by atoms with E-state index in [1.807, 2.05) is 0 Å². The molecule has 2 saturated carbocycles. The van der Waals surface area contributed by atoms with Crippen LogP contribution in [-0.2, 0) is 14.3 Å². The maximum absolute atomic E-state index is 12.5. The maximum atomic E-state index is 12.5. The van der Waals surface area contributed by atoms with Gasteiger partial charge >= 0.3 is 5.97 Å². The lowest BCUT2D eigenvalue weighted by Gasteiger charge is -2.31. The normalized spacial score (nSPS) is 26.8. The van der Waals surface area contributed by atoms with Crippen LogP contribution in [0.4, 0.5) is 0 Å². The van der Waals surface area contributed by atoms with E-state index in [2.05, 4.69) is 0 Å². The first-order valence-electron chi connectivity index (χ1n) is 7.33. The van der Waals surface area contributed by atoms with Gasteiger partial charge in [0.15, 0.2) is 0 Å². The topological polar surface area (TPSA) is 72.6 Å². The van der Waals surface area contributed by atoms with Crippen molar-refractivity contribution in [3.63, 3.8) is 0 Å². The number of amides is 1. The van der Waals surface area contributed by atoms with Gasteiger partial charge in [-0.2, -0.15) is 0 Å². The highest BCUT2D eigenvalue weighted by atomic mass is 16.5. The second kappa shape index (κ2) is 6.37. The molecule has 2 aliphatic carbocycles. The van der Waals surface area contributed by atoms with Crippen molar-refractivity contribution in [2.75, 3.05) is 13.2 Å². The monoisotopic (exact) mass is 268 g/mol. The molecule has 2 atom stereocenters. The van der Waals surface area contributed by atoms with Gasteiger partial charge in [-0.15, -0.1) is 0 Å². The Balaban J connectivity index is 1.94. The van der Waals surface area contributed by atoms with Crippen molar-refractivity contribution in [3.8, 4) is 0 Å². The van der Waals surface area contributed by atoms with Crippen LogP contribution in [0.1, 0.15) is 45.4 Å². The standard InChI is InChI=1S/C14H24N2O3/c1-2-19-13(17)9-16(12-6-7-12)14(18)10-4-3-5-11(15)8-10/h10-12H,2-9,15H2,1H3. The van der Waals surface area contributed by atoms with Gasteiger partial charge in [0.2, 0.25) is 5.91 Å². The lowest BCUT2D eigenvalue weighted by Crippen LogP contribution is -2.44. The lowest BCUT2D eigenvalue weighted by atomic mass is 9.85. The number of rotatable bonds is 5. The predicted molar refractivity (Wildman–Crippen MR) is 71.3 cm³/mol. The third kappa shape index (κ3) is 3.93. The number of carbonyl (C=O) groups excluding carboxylic acids is 2. The summed E-state index contributed by atoms with van der Waals surface area (Å²) in [6, 6.07) is 0.376. The number of hydrogen-bond donors (Lipinski definition) is 1. The van der Waals surface area contributed by atoms with E-state index < -0.39 is 0 Å². The molecule has 0 bridgehead atoms. The third-order valence-corrected chi connectivity index (χ3v) is 3.94. The molecule has 2 fully saturated rings. The molecule has 0 radical (unpaired) electrons. The first-order valence-corrected chi connectivity index (χ1v) is 7.33. The van der Waals surface area contributed by atoms with Crippen molar-refractivity contribution in [1.82, 2.24) is 4.90 Å². The molecule has 0 aromatic heterocycles. The van der Waals surface area contributed by atoms with Gasteiger partial charge in [0.1, 0.15) is 6.54 Å². The Kier molecular flexibility index (Phi) is 4.80. The zero-order valence-corrected chi connectivity index (χ0v) is 11.6. The van der Waals surface area contributed by atoms with Crippen molar-refractivity contribution in [3.05, 3.63) is 0 Å². The Morgan fingerprint density at radius 1 is 1.26 bits per heavy atom. The van der Waals surface area contributed by atoms with Crippen LogP contribution in [0.15, 0.2) is 0 Å². The molecule has 2 unspecified atom stereocenters. The van der Waals surface area contributed by atoms with E-state index in [9.17, 15) is 9.59 Å². The Hall–Kier alpha value is -1.10. The smallest absolute Gasteiger partial charge is 0.325 e.